The van der Waals surface area contributed by atoms with Crippen LogP contribution in [0.15, 0.2) is 29.0 Å². The van der Waals surface area contributed by atoms with Crippen molar-refractivity contribution in [1.82, 2.24) is 29.8 Å². The van der Waals surface area contributed by atoms with E-state index in [1.54, 1.807) is 17.1 Å². The molecular formula is C21H26N6O2. The molecule has 0 N–H and O–H groups in total. The number of amides is 1. The van der Waals surface area contributed by atoms with Gasteiger partial charge < -0.3 is 9.42 Å². The largest absolute Gasteiger partial charge is 0.339 e. The van der Waals surface area contributed by atoms with E-state index in [1.807, 2.05) is 24.0 Å². The van der Waals surface area contributed by atoms with Gasteiger partial charge in [0.1, 0.15) is 0 Å². The first-order chi connectivity index (χ1) is 14.1. The van der Waals surface area contributed by atoms with Crippen LogP contribution in [-0.4, -0.2) is 48.8 Å². The lowest BCUT2D eigenvalue weighted by atomic mass is 9.99. The van der Waals surface area contributed by atoms with Crippen molar-refractivity contribution in [2.45, 2.75) is 46.5 Å². The minimum Gasteiger partial charge on any atom is -0.339 e. The highest BCUT2D eigenvalue weighted by Gasteiger charge is 2.24. The molecule has 1 saturated heterocycles. The predicted molar refractivity (Wildman–Crippen MR) is 108 cm³/mol. The van der Waals surface area contributed by atoms with Gasteiger partial charge in [0.05, 0.1) is 23.0 Å². The molecule has 0 aromatic carbocycles. The summed E-state index contributed by atoms with van der Waals surface area (Å²) < 4.78 is 7.00. The molecule has 0 spiro atoms. The van der Waals surface area contributed by atoms with Crippen molar-refractivity contribution in [3.8, 4) is 17.3 Å². The van der Waals surface area contributed by atoms with E-state index in [0.717, 1.165) is 50.0 Å². The van der Waals surface area contributed by atoms with Crippen LogP contribution in [0, 0.1) is 12.8 Å². The van der Waals surface area contributed by atoms with Crippen LogP contribution in [0.4, 0.5) is 0 Å². The number of carbonyl (C=O) groups excluding carboxylic acids is 1. The number of likely N-dealkylation sites (tertiary alicyclic amines) is 1. The molecule has 4 heterocycles. The molecule has 1 aliphatic rings. The Kier molecular flexibility index (Phi) is 5.42. The van der Waals surface area contributed by atoms with Crippen LogP contribution in [0.1, 0.15) is 55.0 Å². The fourth-order valence-corrected chi connectivity index (χ4v) is 3.57. The van der Waals surface area contributed by atoms with Crippen molar-refractivity contribution in [3.63, 3.8) is 0 Å². The van der Waals surface area contributed by atoms with E-state index in [4.69, 9.17) is 4.52 Å². The number of aromatic nitrogens is 5. The number of pyridine rings is 1. The molecule has 1 amide bonds. The molecular weight excluding hydrogens is 368 g/mol. The van der Waals surface area contributed by atoms with E-state index < -0.39 is 0 Å². The molecule has 3 aromatic rings. The average Bonchev–Trinajstić information content (AvgIpc) is 3.35. The summed E-state index contributed by atoms with van der Waals surface area (Å²) in [5.41, 5.74) is 2.18. The smallest absolute Gasteiger partial charge is 0.259 e. The lowest BCUT2D eigenvalue weighted by molar-refractivity contribution is 0.0696. The van der Waals surface area contributed by atoms with Crippen molar-refractivity contribution in [1.29, 1.82) is 0 Å². The zero-order valence-electron chi connectivity index (χ0n) is 17.1. The summed E-state index contributed by atoms with van der Waals surface area (Å²) in [4.78, 5) is 23.7. The highest BCUT2D eigenvalue weighted by molar-refractivity contribution is 5.95. The Labute approximate surface area is 169 Å². The Balaban J connectivity index is 1.52. The first-order valence-corrected chi connectivity index (χ1v) is 10.2. The maximum absolute atomic E-state index is 12.9. The van der Waals surface area contributed by atoms with Crippen molar-refractivity contribution in [2.24, 2.45) is 5.92 Å². The normalized spacial score (nSPS) is 15.1. The first kappa shape index (κ1) is 19.3. The lowest BCUT2D eigenvalue weighted by Crippen LogP contribution is -2.38. The van der Waals surface area contributed by atoms with Crippen molar-refractivity contribution >= 4 is 5.91 Å². The molecule has 0 unspecified atom stereocenters. The number of nitrogens with zero attached hydrogens (tertiary/aromatic N) is 6. The maximum Gasteiger partial charge on any atom is 0.259 e. The van der Waals surface area contributed by atoms with Crippen LogP contribution < -0.4 is 0 Å². The molecule has 3 aromatic heterocycles. The highest BCUT2D eigenvalue weighted by Crippen LogP contribution is 2.22. The Morgan fingerprint density at radius 3 is 2.72 bits per heavy atom. The average molecular weight is 394 g/mol. The number of rotatable bonds is 5. The number of piperidine rings is 1. The highest BCUT2D eigenvalue weighted by atomic mass is 16.5. The Morgan fingerprint density at radius 2 is 2.03 bits per heavy atom. The number of hydrogen-bond donors (Lipinski definition) is 0. The third kappa shape index (κ3) is 3.92. The molecule has 8 heteroatoms. The van der Waals surface area contributed by atoms with Gasteiger partial charge in [0.25, 0.3) is 11.8 Å². The van der Waals surface area contributed by atoms with Crippen LogP contribution in [0.3, 0.4) is 0 Å². The van der Waals surface area contributed by atoms with Crippen molar-refractivity contribution in [2.75, 3.05) is 13.1 Å². The van der Waals surface area contributed by atoms with Crippen LogP contribution in [0.25, 0.3) is 17.3 Å². The van der Waals surface area contributed by atoms with Gasteiger partial charge in [-0.2, -0.15) is 10.1 Å². The van der Waals surface area contributed by atoms with Gasteiger partial charge in [0, 0.05) is 25.7 Å². The van der Waals surface area contributed by atoms with Gasteiger partial charge >= 0.3 is 0 Å². The maximum atomic E-state index is 12.9. The zero-order valence-corrected chi connectivity index (χ0v) is 17.1. The van der Waals surface area contributed by atoms with Gasteiger partial charge in [0.15, 0.2) is 11.6 Å². The second kappa shape index (κ2) is 8.14. The van der Waals surface area contributed by atoms with Gasteiger partial charge in [-0.25, -0.2) is 9.67 Å². The fraction of sp³-hybridized carbons (Fsp3) is 0.476. The van der Waals surface area contributed by atoms with Crippen LogP contribution >= 0.6 is 0 Å². The Bertz CT molecular complexity index is 983. The number of hydrogen-bond acceptors (Lipinski definition) is 6. The van der Waals surface area contributed by atoms with E-state index in [1.165, 1.54) is 0 Å². The summed E-state index contributed by atoms with van der Waals surface area (Å²) in [6, 6.07) is 3.72. The van der Waals surface area contributed by atoms with Gasteiger partial charge in [-0.1, -0.05) is 19.0 Å². The second-order valence-corrected chi connectivity index (χ2v) is 7.70. The zero-order chi connectivity index (χ0) is 20.4. The fourth-order valence-electron chi connectivity index (χ4n) is 3.57. The molecule has 0 bridgehead atoms. The predicted octanol–water partition coefficient (Wildman–Crippen LogP) is 3.45. The molecule has 0 aliphatic carbocycles. The van der Waals surface area contributed by atoms with Gasteiger partial charge in [-0.3, -0.25) is 4.79 Å². The SMILES string of the molecule is CCCc1noc(-c2ccc(-n3ncc(C(=O)N4CCC(C)CC4)c3C)nc2)n1. The molecule has 0 atom stereocenters. The second-order valence-electron chi connectivity index (χ2n) is 7.70. The van der Waals surface area contributed by atoms with Crippen LogP contribution in [0.2, 0.25) is 0 Å². The lowest BCUT2D eigenvalue weighted by Gasteiger charge is -2.30. The van der Waals surface area contributed by atoms with E-state index in [2.05, 4.69) is 34.1 Å². The van der Waals surface area contributed by atoms with E-state index in [-0.39, 0.29) is 5.91 Å². The molecule has 4 rings (SSSR count). The minimum absolute atomic E-state index is 0.0478. The summed E-state index contributed by atoms with van der Waals surface area (Å²) in [6.07, 6.45) is 7.18. The van der Waals surface area contributed by atoms with Crippen LogP contribution in [0.5, 0.6) is 0 Å². The van der Waals surface area contributed by atoms with E-state index in [0.29, 0.717) is 29.0 Å². The molecule has 29 heavy (non-hydrogen) atoms. The molecule has 0 saturated carbocycles. The van der Waals surface area contributed by atoms with Crippen molar-refractivity contribution < 1.29 is 9.32 Å². The molecule has 152 valence electrons. The number of aryl methyl sites for hydroxylation is 1. The van der Waals surface area contributed by atoms with Crippen LogP contribution in [-0.2, 0) is 6.42 Å². The van der Waals surface area contributed by atoms with Crippen molar-refractivity contribution in [3.05, 3.63) is 41.6 Å². The summed E-state index contributed by atoms with van der Waals surface area (Å²) in [5.74, 6) is 2.53. The Hall–Kier alpha value is -3.03. The molecule has 0 radical (unpaired) electrons. The number of carbonyl (C=O) groups is 1. The van der Waals surface area contributed by atoms with Gasteiger partial charge in [0.2, 0.25) is 0 Å². The third-order valence-electron chi connectivity index (χ3n) is 5.46. The molecule has 1 fully saturated rings. The molecule has 1 aliphatic heterocycles. The summed E-state index contributed by atoms with van der Waals surface area (Å²) in [6.45, 7) is 7.82. The topological polar surface area (TPSA) is 89.9 Å². The molecule has 8 nitrogen and oxygen atoms in total. The Morgan fingerprint density at radius 1 is 1.24 bits per heavy atom. The summed E-state index contributed by atoms with van der Waals surface area (Å²) in [7, 11) is 0. The van der Waals surface area contributed by atoms with E-state index in [9.17, 15) is 4.79 Å². The van der Waals surface area contributed by atoms with Gasteiger partial charge in [-0.15, -0.1) is 0 Å². The minimum atomic E-state index is 0.0478. The standard InChI is InChI=1S/C21H26N6O2/c1-4-5-18-24-20(29-25-18)16-6-7-19(22-12-16)27-15(3)17(13-23-27)21(28)26-10-8-14(2)9-11-26/h6-7,12-14H,4-5,8-11H2,1-3H3. The first-order valence-electron chi connectivity index (χ1n) is 10.2. The monoisotopic (exact) mass is 394 g/mol. The summed E-state index contributed by atoms with van der Waals surface area (Å²) >= 11 is 0. The summed E-state index contributed by atoms with van der Waals surface area (Å²) in [5, 5.41) is 8.38. The van der Waals surface area contributed by atoms with E-state index >= 15 is 0 Å². The quantitative estimate of drug-likeness (QED) is 0.658. The van der Waals surface area contributed by atoms with Gasteiger partial charge in [-0.05, 0) is 44.2 Å². The third-order valence-corrected chi connectivity index (χ3v) is 5.46.